The van der Waals surface area contributed by atoms with Crippen LogP contribution in [0.3, 0.4) is 0 Å². The molecule has 0 spiro atoms. The maximum absolute atomic E-state index is 10.7. The number of hydrogen-bond donors (Lipinski definition) is 2. The molecule has 2 N–H and O–H groups in total. The monoisotopic (exact) mass is 305 g/mol. The summed E-state index contributed by atoms with van der Waals surface area (Å²) in [6, 6.07) is 12.6. The molecule has 0 aliphatic rings. The summed E-state index contributed by atoms with van der Waals surface area (Å²) in [5.74, 6) is 1.05. The Bertz CT molecular complexity index is 904. The number of carbonyl (C=O) groups excluding carboxylic acids is 1. The second-order valence-corrected chi connectivity index (χ2v) is 4.48. The molecule has 23 heavy (non-hydrogen) atoms. The van der Waals surface area contributed by atoms with Crippen LogP contribution in [0.25, 0.3) is 10.8 Å². The quantitative estimate of drug-likeness (QED) is 0.427. The molecular formula is C16H11N5O2. The number of anilines is 2. The van der Waals surface area contributed by atoms with E-state index in [2.05, 4.69) is 20.6 Å². The van der Waals surface area contributed by atoms with Crippen molar-refractivity contribution in [2.45, 2.75) is 0 Å². The predicted molar refractivity (Wildman–Crippen MR) is 85.0 cm³/mol. The number of aromatic nitrogens is 2. The van der Waals surface area contributed by atoms with Crippen molar-refractivity contribution in [1.29, 1.82) is 5.26 Å². The van der Waals surface area contributed by atoms with Gasteiger partial charge in [-0.2, -0.15) is 10.2 Å². The molecule has 0 aliphatic carbocycles. The lowest BCUT2D eigenvalue weighted by molar-refractivity contribution is -0.105. The molecule has 7 nitrogen and oxygen atoms in total. The molecule has 0 saturated carbocycles. The molecule has 0 fully saturated rings. The number of carbonyl (C=O) groups is 1. The zero-order chi connectivity index (χ0) is 16.1. The summed E-state index contributed by atoms with van der Waals surface area (Å²) in [5, 5.41) is 15.3. The largest absolute Gasteiger partial charge is 0.438 e. The molecule has 1 aromatic heterocycles. The number of nitriles is 1. The molecule has 0 unspecified atom stereocenters. The van der Waals surface area contributed by atoms with E-state index in [9.17, 15) is 4.79 Å². The highest BCUT2D eigenvalue weighted by molar-refractivity contribution is 6.00. The number of nitrogens with zero attached hydrogens (tertiary/aromatic N) is 3. The lowest BCUT2D eigenvalue weighted by atomic mass is 10.1. The molecule has 0 aliphatic heterocycles. The third kappa shape index (κ3) is 3.01. The number of amides is 1. The zero-order valence-electron chi connectivity index (χ0n) is 11.9. The highest BCUT2D eigenvalue weighted by Crippen LogP contribution is 2.33. The van der Waals surface area contributed by atoms with E-state index < -0.39 is 0 Å². The van der Waals surface area contributed by atoms with Gasteiger partial charge in [-0.05, 0) is 12.1 Å². The molecule has 1 amide bonds. The van der Waals surface area contributed by atoms with E-state index in [1.807, 2.05) is 24.3 Å². The molecule has 0 atom stereocenters. The predicted octanol–water partition coefficient (Wildman–Crippen LogP) is 2.88. The Hall–Kier alpha value is -3.66. The van der Waals surface area contributed by atoms with E-state index in [0.717, 1.165) is 10.8 Å². The van der Waals surface area contributed by atoms with Gasteiger partial charge in [0.2, 0.25) is 18.2 Å². The van der Waals surface area contributed by atoms with Crippen LogP contribution in [0.15, 0.2) is 48.7 Å². The zero-order valence-corrected chi connectivity index (χ0v) is 11.9. The van der Waals surface area contributed by atoms with Crippen LogP contribution in [0.4, 0.5) is 11.6 Å². The normalized spacial score (nSPS) is 9.87. The average molecular weight is 305 g/mol. The summed E-state index contributed by atoms with van der Waals surface area (Å²) in [6.45, 7) is 0. The average Bonchev–Trinajstić information content (AvgIpc) is 2.58. The number of rotatable bonds is 5. The maximum Gasteiger partial charge on any atom is 0.239 e. The minimum atomic E-state index is 0.161. The van der Waals surface area contributed by atoms with Crippen molar-refractivity contribution >= 4 is 28.8 Å². The number of hydrogen-bond acceptors (Lipinski definition) is 6. The van der Waals surface area contributed by atoms with Crippen LogP contribution in [-0.2, 0) is 4.79 Å². The Kier molecular flexibility index (Phi) is 3.98. The molecular weight excluding hydrogens is 294 g/mol. The van der Waals surface area contributed by atoms with E-state index in [1.165, 1.54) is 6.20 Å². The minimum Gasteiger partial charge on any atom is -0.438 e. The van der Waals surface area contributed by atoms with Gasteiger partial charge in [0.15, 0.2) is 6.19 Å². The van der Waals surface area contributed by atoms with E-state index >= 15 is 0 Å². The topological polar surface area (TPSA) is 99.9 Å². The summed E-state index contributed by atoms with van der Waals surface area (Å²) in [5.41, 5.74) is 0.692. The van der Waals surface area contributed by atoms with Gasteiger partial charge in [-0.1, -0.05) is 24.3 Å². The van der Waals surface area contributed by atoms with Gasteiger partial charge >= 0.3 is 0 Å². The fourth-order valence-corrected chi connectivity index (χ4v) is 2.17. The second kappa shape index (κ2) is 6.41. The lowest BCUT2D eigenvalue weighted by Gasteiger charge is -2.11. The van der Waals surface area contributed by atoms with Gasteiger partial charge in [-0.15, -0.1) is 0 Å². The van der Waals surface area contributed by atoms with E-state index in [1.54, 1.807) is 24.4 Å². The summed E-state index contributed by atoms with van der Waals surface area (Å²) >= 11 is 0. The van der Waals surface area contributed by atoms with Crippen LogP contribution in [0.5, 0.6) is 11.6 Å². The maximum atomic E-state index is 10.7. The SMILES string of the molecule is N#CNc1nccc(Oc2ccc(NC=O)c3ccccc23)n1. The lowest BCUT2D eigenvalue weighted by Crippen LogP contribution is -1.98. The smallest absolute Gasteiger partial charge is 0.239 e. The van der Waals surface area contributed by atoms with Crippen molar-refractivity contribution in [3.63, 3.8) is 0 Å². The summed E-state index contributed by atoms with van der Waals surface area (Å²) in [7, 11) is 0. The number of fused-ring (bicyclic) bond motifs is 1. The highest BCUT2D eigenvalue weighted by Gasteiger charge is 2.08. The van der Waals surface area contributed by atoms with Gasteiger partial charge < -0.3 is 10.1 Å². The first-order valence-corrected chi connectivity index (χ1v) is 6.70. The molecule has 0 saturated heterocycles. The molecule has 3 aromatic rings. The Labute approximate surface area is 131 Å². The van der Waals surface area contributed by atoms with Crippen LogP contribution in [-0.4, -0.2) is 16.4 Å². The summed E-state index contributed by atoms with van der Waals surface area (Å²) < 4.78 is 5.80. The van der Waals surface area contributed by atoms with Crippen molar-refractivity contribution in [2.24, 2.45) is 0 Å². The van der Waals surface area contributed by atoms with Crippen molar-refractivity contribution in [1.82, 2.24) is 9.97 Å². The first-order valence-electron chi connectivity index (χ1n) is 6.70. The van der Waals surface area contributed by atoms with Crippen molar-refractivity contribution in [3.8, 4) is 17.8 Å². The van der Waals surface area contributed by atoms with Crippen molar-refractivity contribution in [2.75, 3.05) is 10.6 Å². The fourth-order valence-electron chi connectivity index (χ4n) is 2.17. The molecule has 112 valence electrons. The Morgan fingerprint density at radius 1 is 1.13 bits per heavy atom. The third-order valence-electron chi connectivity index (χ3n) is 3.11. The van der Waals surface area contributed by atoms with Crippen molar-refractivity contribution in [3.05, 3.63) is 48.7 Å². The molecule has 0 bridgehead atoms. The van der Waals surface area contributed by atoms with E-state index in [0.29, 0.717) is 23.7 Å². The van der Waals surface area contributed by atoms with Gasteiger partial charge in [0.05, 0.1) is 0 Å². The van der Waals surface area contributed by atoms with Crippen molar-refractivity contribution < 1.29 is 9.53 Å². The fraction of sp³-hybridized carbons (Fsp3) is 0. The van der Waals surface area contributed by atoms with Gasteiger partial charge in [-0.3, -0.25) is 10.1 Å². The first-order chi connectivity index (χ1) is 11.3. The van der Waals surface area contributed by atoms with Crippen LogP contribution in [0.1, 0.15) is 0 Å². The third-order valence-corrected chi connectivity index (χ3v) is 3.11. The molecule has 0 radical (unpaired) electrons. The van der Waals surface area contributed by atoms with Crippen LogP contribution < -0.4 is 15.4 Å². The summed E-state index contributed by atoms with van der Waals surface area (Å²) in [6.07, 6.45) is 3.88. The van der Waals surface area contributed by atoms with E-state index in [4.69, 9.17) is 10.00 Å². The van der Waals surface area contributed by atoms with Crippen LogP contribution in [0.2, 0.25) is 0 Å². The Balaban J connectivity index is 2.01. The molecule has 1 heterocycles. The second-order valence-electron chi connectivity index (χ2n) is 4.48. The number of ether oxygens (including phenoxy) is 1. The molecule has 3 rings (SSSR count). The van der Waals surface area contributed by atoms with Crippen LogP contribution in [0, 0.1) is 11.5 Å². The van der Waals surface area contributed by atoms with Crippen LogP contribution >= 0.6 is 0 Å². The minimum absolute atomic E-state index is 0.161. The number of nitrogens with one attached hydrogen (secondary N) is 2. The molecule has 2 aromatic carbocycles. The number of benzene rings is 2. The molecule has 7 heteroatoms. The standard InChI is InChI=1S/C16H11N5O2/c17-9-19-16-18-8-7-15(21-16)23-14-6-5-13(20-10-22)11-3-1-2-4-12(11)14/h1-8,10H,(H,20,22)(H,18,19,21). The van der Waals surface area contributed by atoms with Gasteiger partial charge in [0.1, 0.15) is 5.75 Å². The Morgan fingerprint density at radius 2 is 1.96 bits per heavy atom. The first kappa shape index (κ1) is 14.3. The van der Waals surface area contributed by atoms with E-state index in [-0.39, 0.29) is 5.95 Å². The van der Waals surface area contributed by atoms with Gasteiger partial charge in [0.25, 0.3) is 0 Å². The van der Waals surface area contributed by atoms with Gasteiger partial charge in [0, 0.05) is 28.7 Å². The van der Waals surface area contributed by atoms with Gasteiger partial charge in [-0.25, -0.2) is 4.98 Å². The highest BCUT2D eigenvalue weighted by atomic mass is 16.5. The summed E-state index contributed by atoms with van der Waals surface area (Å²) in [4.78, 5) is 18.7. The Morgan fingerprint density at radius 3 is 2.74 bits per heavy atom.